The van der Waals surface area contributed by atoms with E-state index in [1.807, 2.05) is 0 Å². The summed E-state index contributed by atoms with van der Waals surface area (Å²) in [6.45, 7) is 0.414. The van der Waals surface area contributed by atoms with Crippen LogP contribution in [0.15, 0.2) is 36.9 Å². The number of hydrogen-bond donors (Lipinski definition) is 10. The van der Waals surface area contributed by atoms with E-state index in [1.165, 1.54) is 13.8 Å². The van der Waals surface area contributed by atoms with Crippen LogP contribution in [0.3, 0.4) is 0 Å². The Hall–Kier alpha value is -3.42. The number of hydrogen-bond acceptors (Lipinski definition) is 19. The number of thioether (sulfide) groups is 1. The first-order valence-corrected chi connectivity index (χ1v) is 22.4. The summed E-state index contributed by atoms with van der Waals surface area (Å²) in [6.07, 6.45) is -6.96. The van der Waals surface area contributed by atoms with Crippen molar-refractivity contribution in [3.8, 4) is 0 Å². The van der Waals surface area contributed by atoms with Gasteiger partial charge in [-0.1, -0.05) is 37.7 Å². The number of carbonyl (C=O) groups is 3. The van der Waals surface area contributed by atoms with Crippen molar-refractivity contribution in [3.63, 3.8) is 0 Å². The number of nitrogens with zero attached hydrogens (tertiary/aromatic N) is 4. The Morgan fingerprint density at radius 1 is 1.03 bits per heavy atom. The summed E-state index contributed by atoms with van der Waals surface area (Å²) in [6, 6.07) is 6.95. The molecule has 1 aliphatic rings. The van der Waals surface area contributed by atoms with Crippen molar-refractivity contribution >= 4 is 74.8 Å². The third kappa shape index (κ3) is 13.0. The number of aliphatic hydroxyl groups excluding tert-OH is 2. The number of fused-ring (bicyclic) bond motifs is 1. The molecule has 0 saturated carbocycles. The molecule has 0 aliphatic carbocycles. The fourth-order valence-electron chi connectivity index (χ4n) is 5.23. The van der Waals surface area contributed by atoms with Gasteiger partial charge in [0.15, 0.2) is 17.7 Å². The SMILES string of the molecule is CNc1ccccc1C(=O)SCCNC(=O)CCNC(=O)[C@H](O)C(C)(C)COP(=O)(O)OP(=O)(O)OC[C@H]1O[C@@H](n2cnc3c(N)ncnc32)[C@H](O)[C@@H]1OP(=O)(O)O. The molecule has 1 fully saturated rings. The van der Waals surface area contributed by atoms with E-state index in [9.17, 15) is 57.9 Å². The molecule has 1 aromatic carbocycles. The largest absolute Gasteiger partial charge is 0.481 e. The van der Waals surface area contributed by atoms with Crippen LogP contribution < -0.4 is 21.7 Å². The van der Waals surface area contributed by atoms with Crippen LogP contribution in [0.4, 0.5) is 11.5 Å². The number of imidazole rings is 1. The molecule has 0 radical (unpaired) electrons. The minimum absolute atomic E-state index is 0.0281. The number of ether oxygens (including phenoxy) is 1. The fraction of sp³-hybridized carbons (Fsp3) is 0.517. The number of carbonyl (C=O) groups excluding carboxylic acids is 3. The van der Waals surface area contributed by atoms with E-state index in [-0.39, 0.29) is 47.4 Å². The van der Waals surface area contributed by atoms with Crippen LogP contribution in [0.25, 0.3) is 11.2 Å². The average molecular weight is 901 g/mol. The molecule has 1 saturated heterocycles. The Kier molecular flexibility index (Phi) is 16.1. The van der Waals surface area contributed by atoms with Crippen molar-refractivity contribution in [2.75, 3.05) is 50.2 Å². The number of benzene rings is 1. The van der Waals surface area contributed by atoms with Gasteiger partial charge in [-0.05, 0) is 12.1 Å². The lowest BCUT2D eigenvalue weighted by Crippen LogP contribution is -2.46. The number of anilines is 2. The Balaban J connectivity index is 1.23. The first-order valence-electron chi connectivity index (χ1n) is 16.9. The van der Waals surface area contributed by atoms with Crippen molar-refractivity contribution in [2.45, 2.75) is 50.9 Å². The zero-order chi connectivity index (χ0) is 43.1. The zero-order valence-electron chi connectivity index (χ0n) is 30.9. The minimum atomic E-state index is -5.58. The zero-order valence-corrected chi connectivity index (χ0v) is 34.4. The van der Waals surface area contributed by atoms with Gasteiger partial charge < -0.3 is 56.2 Å². The molecular weight excluding hydrogens is 857 g/mol. The van der Waals surface area contributed by atoms with Gasteiger partial charge in [-0.25, -0.2) is 28.6 Å². The van der Waals surface area contributed by atoms with Gasteiger partial charge in [0.2, 0.25) is 16.9 Å². The summed E-state index contributed by atoms with van der Waals surface area (Å²) in [7, 11) is -14.7. The number of nitrogens with two attached hydrogens (primary N) is 1. The molecule has 4 rings (SSSR count). The van der Waals surface area contributed by atoms with E-state index in [1.54, 1.807) is 31.3 Å². The summed E-state index contributed by atoms with van der Waals surface area (Å²) in [5.41, 5.74) is 5.41. The molecule has 0 bridgehead atoms. The molecule has 2 amide bonds. The van der Waals surface area contributed by atoms with Crippen LogP contribution in [0.1, 0.15) is 36.9 Å². The van der Waals surface area contributed by atoms with Crippen LogP contribution in [-0.2, 0) is 45.9 Å². The molecule has 7 atom stereocenters. The fourth-order valence-corrected chi connectivity index (χ4v) is 8.78. The highest BCUT2D eigenvalue weighted by atomic mass is 32.2. The molecule has 58 heavy (non-hydrogen) atoms. The number of aromatic nitrogens is 4. The normalized spacial score (nSPS) is 21.2. The summed E-state index contributed by atoms with van der Waals surface area (Å²) in [4.78, 5) is 88.3. The van der Waals surface area contributed by atoms with Crippen molar-refractivity contribution in [1.82, 2.24) is 30.2 Å². The van der Waals surface area contributed by atoms with E-state index < -0.39 is 84.6 Å². The summed E-state index contributed by atoms with van der Waals surface area (Å²) in [5.74, 6) is -1.20. The summed E-state index contributed by atoms with van der Waals surface area (Å²) < 4.78 is 62.2. The summed E-state index contributed by atoms with van der Waals surface area (Å²) >= 11 is 1.01. The van der Waals surface area contributed by atoms with Gasteiger partial charge in [-0.15, -0.1) is 0 Å². The van der Waals surface area contributed by atoms with E-state index in [0.717, 1.165) is 29.0 Å². The average Bonchev–Trinajstić information content (AvgIpc) is 3.71. The van der Waals surface area contributed by atoms with Crippen LogP contribution in [0.5, 0.6) is 0 Å². The lowest BCUT2D eigenvalue weighted by Gasteiger charge is -2.30. The molecule has 322 valence electrons. The van der Waals surface area contributed by atoms with E-state index in [0.29, 0.717) is 11.3 Å². The van der Waals surface area contributed by atoms with Crippen molar-refractivity contribution in [3.05, 3.63) is 42.5 Å². The molecule has 29 heteroatoms. The van der Waals surface area contributed by atoms with Crippen LogP contribution in [0.2, 0.25) is 0 Å². The number of aliphatic hydroxyl groups is 2. The second-order valence-electron chi connectivity index (χ2n) is 13.0. The second kappa shape index (κ2) is 19.8. The number of phosphoric ester groups is 3. The van der Waals surface area contributed by atoms with Gasteiger partial charge in [0.05, 0.1) is 25.1 Å². The molecule has 1 aliphatic heterocycles. The van der Waals surface area contributed by atoms with E-state index >= 15 is 0 Å². The van der Waals surface area contributed by atoms with Crippen molar-refractivity contribution in [2.24, 2.45) is 5.41 Å². The first-order chi connectivity index (χ1) is 27.0. The van der Waals surface area contributed by atoms with Gasteiger partial charge in [-0.3, -0.25) is 32.5 Å². The molecule has 25 nitrogen and oxygen atoms in total. The maximum absolute atomic E-state index is 12.7. The number of amides is 2. The summed E-state index contributed by atoms with van der Waals surface area (Å²) in [5, 5.41) is 29.2. The number of rotatable bonds is 21. The Bertz CT molecular complexity index is 2090. The second-order valence-corrected chi connectivity index (χ2v) is 18.3. The van der Waals surface area contributed by atoms with Gasteiger partial charge in [0, 0.05) is 43.4 Å². The molecule has 11 N–H and O–H groups in total. The van der Waals surface area contributed by atoms with Gasteiger partial charge in [0.1, 0.15) is 36.3 Å². The minimum Gasteiger partial charge on any atom is -0.388 e. The molecular formula is C29H43N8O17P3S. The predicted molar refractivity (Wildman–Crippen MR) is 202 cm³/mol. The van der Waals surface area contributed by atoms with Gasteiger partial charge in [0.25, 0.3) is 0 Å². The molecule has 3 heterocycles. The predicted octanol–water partition coefficient (Wildman–Crippen LogP) is 0.0202. The van der Waals surface area contributed by atoms with Crippen molar-refractivity contribution < 1.29 is 80.5 Å². The first kappa shape index (κ1) is 47.3. The van der Waals surface area contributed by atoms with E-state index in [2.05, 4.69) is 39.7 Å². The topological polar surface area (TPSA) is 376 Å². The van der Waals surface area contributed by atoms with Gasteiger partial charge >= 0.3 is 23.5 Å². The highest BCUT2D eigenvalue weighted by Crippen LogP contribution is 2.61. The lowest BCUT2D eigenvalue weighted by atomic mass is 9.87. The number of nitrogens with one attached hydrogen (secondary N) is 3. The number of nitrogen functional groups attached to an aromatic ring is 1. The standard InChI is InChI=1S/C29H43N8O17P3S/c1-29(2,23(40)26(41)33-9-8-19(38)32-10-11-58-28(42)16-6-4-5-7-17(16)31-3)13-51-57(48,49)54-56(46,47)50-12-18-22(53-55(43,44)45)21(39)27(52-18)37-15-36-20-24(30)34-14-35-25(20)37/h4-7,14-15,18,21-23,27,31,39-40H,8-13H2,1-3H3,(H,32,38)(H,33,41)(H,46,47)(H,48,49)(H2,30,34,35)(H2,43,44,45)/t18-,21-,22-,23+,27-/m1/s1. The van der Waals surface area contributed by atoms with E-state index in [4.69, 9.17) is 19.5 Å². The molecule has 0 spiro atoms. The Labute approximate surface area is 333 Å². The lowest BCUT2D eigenvalue weighted by molar-refractivity contribution is -0.137. The molecule has 2 unspecified atom stereocenters. The number of para-hydroxylation sites is 1. The smallest absolute Gasteiger partial charge is 0.388 e. The highest BCUT2D eigenvalue weighted by Gasteiger charge is 2.50. The molecule has 2 aromatic heterocycles. The van der Waals surface area contributed by atoms with Crippen LogP contribution in [-0.4, -0.2) is 130 Å². The maximum atomic E-state index is 12.7. The Morgan fingerprint density at radius 3 is 2.41 bits per heavy atom. The maximum Gasteiger partial charge on any atom is 0.481 e. The van der Waals surface area contributed by atoms with Gasteiger partial charge in [-0.2, -0.15) is 4.31 Å². The third-order valence-electron chi connectivity index (χ3n) is 8.15. The third-order valence-corrected chi connectivity index (χ3v) is 12.1. The quantitative estimate of drug-likeness (QED) is 0.0497. The van der Waals surface area contributed by atoms with Crippen LogP contribution in [0, 0.1) is 5.41 Å². The number of phosphoric acid groups is 3. The van der Waals surface area contributed by atoms with Crippen LogP contribution >= 0.6 is 35.2 Å². The van der Waals surface area contributed by atoms with Crippen molar-refractivity contribution in [1.29, 1.82) is 0 Å². The highest BCUT2D eigenvalue weighted by molar-refractivity contribution is 8.14. The Morgan fingerprint density at radius 2 is 1.72 bits per heavy atom. The monoisotopic (exact) mass is 900 g/mol. The molecule has 3 aromatic rings.